The van der Waals surface area contributed by atoms with Crippen molar-refractivity contribution in [3.63, 3.8) is 0 Å². The van der Waals surface area contributed by atoms with Crippen LogP contribution in [0.3, 0.4) is 0 Å². The van der Waals surface area contributed by atoms with Crippen LogP contribution in [0.1, 0.15) is 11.3 Å². The zero-order valence-corrected chi connectivity index (χ0v) is 14.0. The third kappa shape index (κ3) is 3.91. The number of alkyl halides is 2. The molecule has 1 aliphatic rings. The van der Waals surface area contributed by atoms with Gasteiger partial charge in [-0.1, -0.05) is 0 Å². The van der Waals surface area contributed by atoms with Crippen LogP contribution in [0.15, 0.2) is 36.4 Å². The van der Waals surface area contributed by atoms with E-state index in [1.54, 1.807) is 18.4 Å². The SMILES string of the molecule is COc1ccc(-c2ccc(CNC(=O)C3CC(F)(F)CN3)s2)cc1. The molecule has 2 heterocycles. The highest BCUT2D eigenvalue weighted by molar-refractivity contribution is 7.15. The van der Waals surface area contributed by atoms with Gasteiger partial charge >= 0.3 is 0 Å². The summed E-state index contributed by atoms with van der Waals surface area (Å²) in [5, 5.41) is 5.27. The zero-order valence-electron chi connectivity index (χ0n) is 13.1. The molecule has 1 aromatic carbocycles. The van der Waals surface area contributed by atoms with Crippen molar-refractivity contribution in [3.8, 4) is 16.2 Å². The number of benzene rings is 1. The van der Waals surface area contributed by atoms with Gasteiger partial charge in [0.1, 0.15) is 5.75 Å². The second-order valence-corrected chi connectivity index (χ2v) is 6.87. The van der Waals surface area contributed by atoms with E-state index in [0.717, 1.165) is 21.1 Å². The minimum Gasteiger partial charge on any atom is -0.497 e. The molecule has 1 unspecified atom stereocenters. The molecule has 0 aliphatic carbocycles. The summed E-state index contributed by atoms with van der Waals surface area (Å²) in [6, 6.07) is 10.8. The summed E-state index contributed by atoms with van der Waals surface area (Å²) < 4.78 is 31.4. The van der Waals surface area contributed by atoms with Crippen molar-refractivity contribution in [1.29, 1.82) is 0 Å². The summed E-state index contributed by atoms with van der Waals surface area (Å²) in [4.78, 5) is 14.0. The molecule has 0 spiro atoms. The van der Waals surface area contributed by atoms with Gasteiger partial charge in [0, 0.05) is 16.2 Å². The number of halogens is 2. The van der Waals surface area contributed by atoms with E-state index >= 15 is 0 Å². The molecule has 1 saturated heterocycles. The highest BCUT2D eigenvalue weighted by Crippen LogP contribution is 2.29. The predicted molar refractivity (Wildman–Crippen MR) is 89.5 cm³/mol. The highest BCUT2D eigenvalue weighted by Gasteiger charge is 2.42. The van der Waals surface area contributed by atoms with Crippen LogP contribution in [-0.4, -0.2) is 31.5 Å². The number of carbonyl (C=O) groups excluding carboxylic acids is 1. The Bertz CT molecular complexity index is 716. The van der Waals surface area contributed by atoms with Gasteiger partial charge < -0.3 is 10.1 Å². The molecule has 4 nitrogen and oxygen atoms in total. The Balaban J connectivity index is 1.57. The Labute approximate surface area is 142 Å². The minimum atomic E-state index is -2.80. The molecule has 1 aromatic heterocycles. The van der Waals surface area contributed by atoms with Crippen molar-refractivity contribution in [2.45, 2.75) is 24.9 Å². The average Bonchev–Trinajstić information content (AvgIpc) is 3.19. The Hall–Kier alpha value is -1.99. The number of hydrogen-bond donors (Lipinski definition) is 2. The van der Waals surface area contributed by atoms with E-state index in [9.17, 15) is 13.6 Å². The predicted octanol–water partition coefficient (Wildman–Crippen LogP) is 3.04. The largest absolute Gasteiger partial charge is 0.497 e. The lowest BCUT2D eigenvalue weighted by molar-refractivity contribution is -0.123. The van der Waals surface area contributed by atoms with Crippen LogP contribution in [0, 0.1) is 0 Å². The first-order chi connectivity index (χ1) is 11.5. The molecule has 3 rings (SSSR count). The van der Waals surface area contributed by atoms with Gasteiger partial charge in [-0.2, -0.15) is 0 Å². The number of hydrogen-bond acceptors (Lipinski definition) is 4. The normalized spacial score (nSPS) is 19.2. The quantitative estimate of drug-likeness (QED) is 0.870. The molecule has 7 heteroatoms. The smallest absolute Gasteiger partial charge is 0.262 e. The number of methoxy groups -OCH3 is 1. The molecule has 2 N–H and O–H groups in total. The Morgan fingerprint density at radius 2 is 2.08 bits per heavy atom. The van der Waals surface area contributed by atoms with Gasteiger partial charge in [0.05, 0.1) is 26.2 Å². The topological polar surface area (TPSA) is 50.4 Å². The molecular weight excluding hydrogens is 334 g/mol. The van der Waals surface area contributed by atoms with E-state index in [1.807, 2.05) is 36.4 Å². The van der Waals surface area contributed by atoms with Crippen molar-refractivity contribution in [1.82, 2.24) is 10.6 Å². The fourth-order valence-corrected chi connectivity index (χ4v) is 3.53. The molecule has 2 aromatic rings. The maximum absolute atomic E-state index is 13.1. The second-order valence-electron chi connectivity index (χ2n) is 5.71. The summed E-state index contributed by atoms with van der Waals surface area (Å²) in [5.74, 6) is -2.39. The van der Waals surface area contributed by atoms with Gasteiger partial charge in [-0.05, 0) is 42.0 Å². The van der Waals surface area contributed by atoms with Crippen LogP contribution in [0.25, 0.3) is 10.4 Å². The fraction of sp³-hybridized carbons (Fsp3) is 0.353. The van der Waals surface area contributed by atoms with Crippen molar-refractivity contribution in [2.24, 2.45) is 0 Å². The van der Waals surface area contributed by atoms with E-state index < -0.39 is 24.9 Å². The summed E-state index contributed by atoms with van der Waals surface area (Å²) in [5.41, 5.74) is 1.07. The van der Waals surface area contributed by atoms with Gasteiger partial charge in [-0.15, -0.1) is 11.3 Å². The average molecular weight is 352 g/mol. The summed E-state index contributed by atoms with van der Waals surface area (Å²) in [6.45, 7) is -0.102. The van der Waals surface area contributed by atoms with Crippen molar-refractivity contribution in [3.05, 3.63) is 41.3 Å². The summed E-state index contributed by atoms with van der Waals surface area (Å²) in [7, 11) is 1.62. The lowest BCUT2D eigenvalue weighted by atomic mass is 10.2. The Morgan fingerprint density at radius 1 is 1.33 bits per heavy atom. The van der Waals surface area contributed by atoms with Gasteiger partial charge in [0.15, 0.2) is 0 Å². The zero-order chi connectivity index (χ0) is 17.2. The molecule has 128 valence electrons. The summed E-state index contributed by atoms with van der Waals surface area (Å²) in [6.07, 6.45) is -0.444. The third-order valence-corrected chi connectivity index (χ3v) is 5.03. The molecular formula is C17H18F2N2O2S. The molecule has 1 amide bonds. The van der Waals surface area contributed by atoms with Crippen LogP contribution in [0.5, 0.6) is 5.75 Å². The standard InChI is InChI=1S/C17H18F2N2O2S/c1-23-12-4-2-11(3-5-12)15-7-6-13(24-15)9-20-16(22)14-8-17(18,19)10-21-14/h2-7,14,21H,8-10H2,1H3,(H,20,22). The van der Waals surface area contributed by atoms with E-state index in [1.165, 1.54) is 0 Å². The van der Waals surface area contributed by atoms with Gasteiger partial charge in [0.25, 0.3) is 5.92 Å². The molecule has 1 aliphatic heterocycles. The third-order valence-electron chi connectivity index (χ3n) is 3.90. The first-order valence-corrected chi connectivity index (χ1v) is 8.40. The van der Waals surface area contributed by atoms with Crippen LogP contribution in [0.4, 0.5) is 8.78 Å². The number of nitrogens with one attached hydrogen (secondary N) is 2. The number of rotatable bonds is 5. The molecule has 1 fully saturated rings. The maximum atomic E-state index is 13.1. The maximum Gasteiger partial charge on any atom is 0.262 e. The van der Waals surface area contributed by atoms with Crippen LogP contribution in [-0.2, 0) is 11.3 Å². The second kappa shape index (κ2) is 6.86. The molecule has 0 bridgehead atoms. The van der Waals surface area contributed by atoms with E-state index in [2.05, 4.69) is 10.6 Å². The van der Waals surface area contributed by atoms with Gasteiger partial charge in [-0.25, -0.2) is 8.78 Å². The lowest BCUT2D eigenvalue weighted by Crippen LogP contribution is -2.39. The monoisotopic (exact) mass is 352 g/mol. The first kappa shape index (κ1) is 16.9. The van der Waals surface area contributed by atoms with Crippen LogP contribution < -0.4 is 15.4 Å². The highest BCUT2D eigenvalue weighted by atomic mass is 32.1. The van der Waals surface area contributed by atoms with Crippen molar-refractivity contribution < 1.29 is 18.3 Å². The van der Waals surface area contributed by atoms with E-state index in [4.69, 9.17) is 4.74 Å². The number of carbonyl (C=O) groups is 1. The number of thiophene rings is 1. The van der Waals surface area contributed by atoms with Crippen molar-refractivity contribution in [2.75, 3.05) is 13.7 Å². The van der Waals surface area contributed by atoms with E-state index in [0.29, 0.717) is 6.54 Å². The first-order valence-electron chi connectivity index (χ1n) is 7.59. The molecule has 0 saturated carbocycles. The van der Waals surface area contributed by atoms with Crippen molar-refractivity contribution >= 4 is 17.2 Å². The molecule has 24 heavy (non-hydrogen) atoms. The lowest BCUT2D eigenvalue weighted by Gasteiger charge is -2.10. The van der Waals surface area contributed by atoms with Crippen LogP contribution in [0.2, 0.25) is 0 Å². The summed E-state index contributed by atoms with van der Waals surface area (Å²) >= 11 is 1.56. The molecule has 0 radical (unpaired) electrons. The van der Waals surface area contributed by atoms with Gasteiger partial charge in [-0.3, -0.25) is 10.1 Å². The van der Waals surface area contributed by atoms with Crippen LogP contribution >= 0.6 is 11.3 Å². The Kier molecular flexibility index (Phi) is 4.82. The minimum absolute atomic E-state index is 0.337. The Morgan fingerprint density at radius 3 is 2.71 bits per heavy atom. The fourth-order valence-electron chi connectivity index (χ4n) is 2.58. The molecule has 1 atom stereocenters. The van der Waals surface area contributed by atoms with Gasteiger partial charge in [0.2, 0.25) is 5.91 Å². The number of amides is 1. The van der Waals surface area contributed by atoms with E-state index in [-0.39, 0.29) is 5.91 Å². The number of ether oxygens (including phenoxy) is 1.